The Balaban J connectivity index is 1.93. The zero-order chi connectivity index (χ0) is 15.5. The Hall–Kier alpha value is -1.56. The molecule has 7 heteroatoms. The molecule has 2 heterocycles. The molecule has 1 aliphatic rings. The van der Waals surface area contributed by atoms with Gasteiger partial charge in [0.2, 0.25) is 5.88 Å². The van der Waals surface area contributed by atoms with Crippen LogP contribution in [0, 0.1) is 0 Å². The number of nitrogens with zero attached hydrogens (tertiary/aromatic N) is 3. The molecule has 1 unspecified atom stereocenters. The average molecular weight is 314 g/mol. The van der Waals surface area contributed by atoms with E-state index in [1.165, 1.54) is 6.33 Å². The Bertz CT molecular complexity index is 504. The lowest BCUT2D eigenvalue weighted by atomic mass is 10.1. The normalized spacial score (nSPS) is 19.2. The van der Waals surface area contributed by atoms with Crippen LogP contribution in [0.2, 0.25) is 5.15 Å². The third kappa shape index (κ3) is 5.04. The maximum atomic E-state index is 12.1. The number of likely N-dealkylation sites (tertiary alicyclic amines) is 1. The predicted molar refractivity (Wildman–Crippen MR) is 78.5 cm³/mol. The van der Waals surface area contributed by atoms with E-state index in [1.807, 2.05) is 20.8 Å². The van der Waals surface area contributed by atoms with Crippen LogP contribution >= 0.6 is 11.6 Å². The fourth-order valence-electron chi connectivity index (χ4n) is 2.08. The summed E-state index contributed by atoms with van der Waals surface area (Å²) in [4.78, 5) is 21.6. The van der Waals surface area contributed by atoms with Gasteiger partial charge in [-0.25, -0.2) is 14.8 Å². The van der Waals surface area contributed by atoms with Gasteiger partial charge in [0.25, 0.3) is 0 Å². The molecule has 6 nitrogen and oxygen atoms in total. The summed E-state index contributed by atoms with van der Waals surface area (Å²) in [5, 5.41) is 0.333. The molecule has 1 aromatic rings. The van der Waals surface area contributed by atoms with Crippen LogP contribution in [0.4, 0.5) is 4.79 Å². The fraction of sp³-hybridized carbons (Fsp3) is 0.643. The molecule has 116 valence electrons. The molecule has 1 aliphatic heterocycles. The molecule has 0 aliphatic carbocycles. The Morgan fingerprint density at radius 2 is 2.19 bits per heavy atom. The summed E-state index contributed by atoms with van der Waals surface area (Å²) in [6.07, 6.45) is 2.66. The van der Waals surface area contributed by atoms with Crippen LogP contribution in [0.1, 0.15) is 33.6 Å². The number of rotatable bonds is 2. The Morgan fingerprint density at radius 1 is 1.43 bits per heavy atom. The number of halogens is 1. The minimum absolute atomic E-state index is 0.114. The van der Waals surface area contributed by atoms with Crippen molar-refractivity contribution in [2.24, 2.45) is 0 Å². The number of carbonyl (C=O) groups excluding carboxylic acids is 1. The van der Waals surface area contributed by atoms with E-state index >= 15 is 0 Å². The Kier molecular flexibility index (Phi) is 4.88. The maximum absolute atomic E-state index is 12.1. The van der Waals surface area contributed by atoms with E-state index in [0.29, 0.717) is 24.1 Å². The van der Waals surface area contributed by atoms with E-state index < -0.39 is 5.60 Å². The summed E-state index contributed by atoms with van der Waals surface area (Å²) in [5.74, 6) is 0.422. The van der Waals surface area contributed by atoms with E-state index in [0.717, 1.165) is 12.8 Å². The first-order valence-electron chi connectivity index (χ1n) is 6.95. The molecular weight excluding hydrogens is 294 g/mol. The first-order chi connectivity index (χ1) is 9.83. The highest BCUT2D eigenvalue weighted by atomic mass is 35.5. The van der Waals surface area contributed by atoms with Gasteiger partial charge in [-0.3, -0.25) is 0 Å². The summed E-state index contributed by atoms with van der Waals surface area (Å²) >= 11 is 5.80. The number of amides is 1. The molecule has 0 N–H and O–H groups in total. The van der Waals surface area contributed by atoms with Gasteiger partial charge in [-0.15, -0.1) is 0 Å². The molecule has 2 rings (SSSR count). The molecule has 0 aromatic carbocycles. The molecule has 1 aromatic heterocycles. The smallest absolute Gasteiger partial charge is 0.410 e. The number of carbonyl (C=O) groups is 1. The monoisotopic (exact) mass is 313 g/mol. The summed E-state index contributed by atoms with van der Waals surface area (Å²) in [6, 6.07) is 1.56. The largest absolute Gasteiger partial charge is 0.472 e. The van der Waals surface area contributed by atoms with Gasteiger partial charge in [-0.2, -0.15) is 0 Å². The summed E-state index contributed by atoms with van der Waals surface area (Å²) in [6.45, 7) is 6.72. The van der Waals surface area contributed by atoms with Crippen molar-refractivity contribution in [3.63, 3.8) is 0 Å². The number of aromatic nitrogens is 2. The number of piperidine rings is 1. The summed E-state index contributed by atoms with van der Waals surface area (Å²) in [7, 11) is 0. The molecule has 0 spiro atoms. The van der Waals surface area contributed by atoms with Crippen LogP contribution in [-0.2, 0) is 4.74 Å². The van der Waals surface area contributed by atoms with E-state index in [4.69, 9.17) is 21.1 Å². The summed E-state index contributed by atoms with van der Waals surface area (Å²) in [5.41, 5.74) is -0.495. The van der Waals surface area contributed by atoms with Crippen molar-refractivity contribution in [2.75, 3.05) is 13.1 Å². The van der Waals surface area contributed by atoms with Crippen molar-refractivity contribution < 1.29 is 14.3 Å². The minimum atomic E-state index is -0.495. The van der Waals surface area contributed by atoms with E-state index in [9.17, 15) is 4.79 Å². The van der Waals surface area contributed by atoms with Crippen LogP contribution in [0.15, 0.2) is 12.4 Å². The molecule has 21 heavy (non-hydrogen) atoms. The van der Waals surface area contributed by atoms with E-state index in [2.05, 4.69) is 9.97 Å². The van der Waals surface area contributed by atoms with Crippen LogP contribution in [0.3, 0.4) is 0 Å². The predicted octanol–water partition coefficient (Wildman–Crippen LogP) is 2.91. The zero-order valence-electron chi connectivity index (χ0n) is 12.5. The third-order valence-corrected chi connectivity index (χ3v) is 3.13. The van der Waals surface area contributed by atoms with Gasteiger partial charge < -0.3 is 14.4 Å². The molecule has 1 amide bonds. The molecule has 0 bridgehead atoms. The number of ether oxygens (including phenoxy) is 2. The van der Waals surface area contributed by atoms with Crippen molar-refractivity contribution in [3.05, 3.63) is 17.5 Å². The van der Waals surface area contributed by atoms with Gasteiger partial charge in [0, 0.05) is 12.6 Å². The van der Waals surface area contributed by atoms with Gasteiger partial charge in [-0.05, 0) is 33.6 Å². The van der Waals surface area contributed by atoms with Crippen molar-refractivity contribution in [3.8, 4) is 5.88 Å². The Labute approximate surface area is 129 Å². The van der Waals surface area contributed by atoms with Gasteiger partial charge in [-0.1, -0.05) is 11.6 Å². The van der Waals surface area contributed by atoms with Gasteiger partial charge in [0.1, 0.15) is 23.2 Å². The molecule has 0 radical (unpaired) electrons. The Morgan fingerprint density at radius 3 is 2.86 bits per heavy atom. The minimum Gasteiger partial charge on any atom is -0.472 e. The lowest BCUT2D eigenvalue weighted by Gasteiger charge is -2.33. The second kappa shape index (κ2) is 6.47. The first kappa shape index (κ1) is 15.8. The highest BCUT2D eigenvalue weighted by Crippen LogP contribution is 2.20. The van der Waals surface area contributed by atoms with E-state index in [-0.39, 0.29) is 12.2 Å². The maximum Gasteiger partial charge on any atom is 0.410 e. The SMILES string of the molecule is CC(C)(C)OC(=O)N1CCCC(Oc2cc(Cl)ncn2)C1. The van der Waals surface area contributed by atoms with Crippen LogP contribution < -0.4 is 4.74 Å². The summed E-state index contributed by atoms with van der Waals surface area (Å²) < 4.78 is 11.1. The van der Waals surface area contributed by atoms with Gasteiger partial charge in [0.05, 0.1) is 6.54 Å². The molecular formula is C14H20ClN3O3. The average Bonchev–Trinajstić information content (AvgIpc) is 2.37. The second-order valence-electron chi connectivity index (χ2n) is 5.99. The molecule has 1 fully saturated rings. The quantitative estimate of drug-likeness (QED) is 0.785. The standard InChI is InChI=1S/C14H20ClN3O3/c1-14(2,3)21-13(19)18-6-4-5-10(8-18)20-12-7-11(15)16-9-17-12/h7,9-10H,4-6,8H2,1-3H3. The number of hydrogen-bond donors (Lipinski definition) is 0. The fourth-order valence-corrected chi connectivity index (χ4v) is 2.22. The topological polar surface area (TPSA) is 64.5 Å². The third-order valence-electron chi connectivity index (χ3n) is 2.93. The van der Waals surface area contributed by atoms with Crippen molar-refractivity contribution in [1.29, 1.82) is 0 Å². The van der Waals surface area contributed by atoms with E-state index in [1.54, 1.807) is 11.0 Å². The molecule has 1 saturated heterocycles. The second-order valence-corrected chi connectivity index (χ2v) is 6.37. The van der Waals surface area contributed by atoms with Gasteiger partial charge >= 0.3 is 6.09 Å². The van der Waals surface area contributed by atoms with Crippen LogP contribution in [0.25, 0.3) is 0 Å². The number of hydrogen-bond acceptors (Lipinski definition) is 5. The zero-order valence-corrected chi connectivity index (χ0v) is 13.3. The van der Waals surface area contributed by atoms with Crippen LogP contribution in [0.5, 0.6) is 5.88 Å². The first-order valence-corrected chi connectivity index (χ1v) is 7.33. The van der Waals surface area contributed by atoms with Gasteiger partial charge in [0.15, 0.2) is 0 Å². The van der Waals surface area contributed by atoms with Crippen LogP contribution in [-0.4, -0.2) is 45.8 Å². The molecule has 1 atom stereocenters. The highest BCUT2D eigenvalue weighted by Gasteiger charge is 2.28. The lowest BCUT2D eigenvalue weighted by Crippen LogP contribution is -2.46. The lowest BCUT2D eigenvalue weighted by molar-refractivity contribution is 0.00720. The molecule has 0 saturated carbocycles. The van der Waals surface area contributed by atoms with Crippen molar-refractivity contribution >= 4 is 17.7 Å². The van der Waals surface area contributed by atoms with Crippen molar-refractivity contribution in [2.45, 2.75) is 45.3 Å². The van der Waals surface area contributed by atoms with Crippen molar-refractivity contribution in [1.82, 2.24) is 14.9 Å². The highest BCUT2D eigenvalue weighted by molar-refractivity contribution is 6.29.